The van der Waals surface area contributed by atoms with Gasteiger partial charge in [0.25, 0.3) is 0 Å². The average Bonchev–Trinajstić information content (AvgIpc) is 2.32. The molecule has 18 heavy (non-hydrogen) atoms. The number of carbonyl (C=O) groups is 1. The Kier molecular flexibility index (Phi) is 3.78. The second-order valence-electron chi connectivity index (χ2n) is 4.88. The van der Waals surface area contributed by atoms with Crippen molar-refractivity contribution in [1.82, 2.24) is 4.90 Å². The van der Waals surface area contributed by atoms with Gasteiger partial charge >= 0.3 is 0 Å². The van der Waals surface area contributed by atoms with Gasteiger partial charge in [0, 0.05) is 23.8 Å². The Balaban J connectivity index is 2.19. The summed E-state index contributed by atoms with van der Waals surface area (Å²) in [5.74, 6) is -0.296. The Morgan fingerprint density at radius 3 is 2.67 bits per heavy atom. The number of nitrogens with zero attached hydrogens (tertiary/aromatic N) is 1. The number of halogens is 1. The minimum absolute atomic E-state index is 0.296. The number of carbonyl (C=O) groups excluding carboxylic acids is 1. The Labute approximate surface area is 112 Å². The first kappa shape index (κ1) is 13.2. The third-order valence-electron chi connectivity index (χ3n) is 3.52. The molecule has 0 atom stereocenters. The summed E-state index contributed by atoms with van der Waals surface area (Å²) in [5, 5.41) is 3.92. The molecule has 2 rings (SSSR count). The van der Waals surface area contributed by atoms with Crippen LogP contribution in [-0.4, -0.2) is 36.5 Å². The smallest absolute Gasteiger partial charge is 0.243 e. The minimum atomic E-state index is -0.656. The van der Waals surface area contributed by atoms with Gasteiger partial charge in [-0.2, -0.15) is 0 Å². The fraction of sp³-hybridized carbons (Fsp3) is 0.462. The molecule has 0 radical (unpaired) electrons. The quantitative estimate of drug-likeness (QED) is 0.876. The number of hydrogen-bond acceptors (Lipinski definition) is 3. The number of nitrogens with one attached hydrogen (secondary N) is 1. The molecule has 1 aromatic carbocycles. The van der Waals surface area contributed by atoms with Crippen LogP contribution in [0.3, 0.4) is 0 Å². The summed E-state index contributed by atoms with van der Waals surface area (Å²) in [5.41, 5.74) is 5.76. The highest BCUT2D eigenvalue weighted by Crippen LogP contribution is 2.27. The standard InChI is InChI=1S/C13H18ClN3O/c1-17-7-5-13(6-8-17,12(15)18)16-11-4-2-3-10(14)9-11/h2-4,9,16H,5-8H2,1H3,(H2,15,18). The van der Waals surface area contributed by atoms with E-state index in [1.54, 1.807) is 6.07 Å². The molecular weight excluding hydrogens is 250 g/mol. The first-order valence-corrected chi connectivity index (χ1v) is 6.42. The molecule has 0 spiro atoms. The first-order chi connectivity index (χ1) is 8.52. The third-order valence-corrected chi connectivity index (χ3v) is 3.76. The second kappa shape index (κ2) is 5.16. The summed E-state index contributed by atoms with van der Waals surface area (Å²) in [4.78, 5) is 14.0. The van der Waals surface area contributed by atoms with Crippen molar-refractivity contribution in [2.24, 2.45) is 5.73 Å². The topological polar surface area (TPSA) is 58.4 Å². The van der Waals surface area contributed by atoms with E-state index < -0.39 is 5.54 Å². The monoisotopic (exact) mass is 267 g/mol. The van der Waals surface area contributed by atoms with E-state index in [1.165, 1.54) is 0 Å². The Morgan fingerprint density at radius 2 is 2.11 bits per heavy atom. The highest BCUT2D eigenvalue weighted by Gasteiger charge is 2.39. The first-order valence-electron chi connectivity index (χ1n) is 6.04. The van der Waals surface area contributed by atoms with Crippen molar-refractivity contribution >= 4 is 23.2 Å². The number of nitrogens with two attached hydrogens (primary N) is 1. The zero-order chi connectivity index (χ0) is 13.2. The van der Waals surface area contributed by atoms with Crippen LogP contribution in [0, 0.1) is 0 Å². The van der Waals surface area contributed by atoms with Gasteiger partial charge in [0.2, 0.25) is 5.91 Å². The van der Waals surface area contributed by atoms with E-state index in [-0.39, 0.29) is 5.91 Å². The van der Waals surface area contributed by atoms with E-state index >= 15 is 0 Å². The van der Waals surface area contributed by atoms with E-state index in [4.69, 9.17) is 17.3 Å². The maximum Gasteiger partial charge on any atom is 0.243 e. The van der Waals surface area contributed by atoms with Gasteiger partial charge in [-0.15, -0.1) is 0 Å². The van der Waals surface area contributed by atoms with Crippen molar-refractivity contribution in [2.45, 2.75) is 18.4 Å². The molecule has 1 aliphatic rings. The van der Waals surface area contributed by atoms with E-state index in [0.29, 0.717) is 17.9 Å². The molecule has 1 amide bonds. The number of hydrogen-bond donors (Lipinski definition) is 2. The highest BCUT2D eigenvalue weighted by atomic mass is 35.5. The molecule has 0 aromatic heterocycles. The predicted molar refractivity (Wildman–Crippen MR) is 73.7 cm³/mol. The van der Waals surface area contributed by atoms with Crippen LogP contribution in [0.15, 0.2) is 24.3 Å². The van der Waals surface area contributed by atoms with Crippen LogP contribution in [-0.2, 0) is 4.79 Å². The van der Waals surface area contributed by atoms with E-state index in [2.05, 4.69) is 10.2 Å². The predicted octanol–water partition coefficient (Wildman–Crippen LogP) is 1.70. The molecule has 0 unspecified atom stereocenters. The van der Waals surface area contributed by atoms with Crippen molar-refractivity contribution < 1.29 is 4.79 Å². The lowest BCUT2D eigenvalue weighted by atomic mass is 9.86. The number of rotatable bonds is 3. The van der Waals surface area contributed by atoms with Gasteiger partial charge in [0.05, 0.1) is 0 Å². The fourth-order valence-corrected chi connectivity index (χ4v) is 2.47. The lowest BCUT2D eigenvalue weighted by molar-refractivity contribution is -0.123. The minimum Gasteiger partial charge on any atom is -0.371 e. The Hall–Kier alpha value is -1.26. The molecule has 98 valence electrons. The van der Waals surface area contributed by atoms with Gasteiger partial charge in [-0.1, -0.05) is 17.7 Å². The summed E-state index contributed by atoms with van der Waals surface area (Å²) in [6.07, 6.45) is 1.43. The third kappa shape index (κ3) is 2.76. The fourth-order valence-electron chi connectivity index (χ4n) is 2.28. The summed E-state index contributed by atoms with van der Waals surface area (Å²) >= 11 is 5.95. The van der Waals surface area contributed by atoms with Gasteiger partial charge < -0.3 is 16.0 Å². The zero-order valence-electron chi connectivity index (χ0n) is 10.4. The van der Waals surface area contributed by atoms with Gasteiger partial charge in [-0.25, -0.2) is 0 Å². The molecule has 1 fully saturated rings. The van der Waals surface area contributed by atoms with Crippen LogP contribution in [0.2, 0.25) is 5.02 Å². The number of benzene rings is 1. The Morgan fingerprint density at radius 1 is 1.44 bits per heavy atom. The summed E-state index contributed by atoms with van der Waals surface area (Å²) < 4.78 is 0. The Bertz CT molecular complexity index is 442. The lowest BCUT2D eigenvalue weighted by Gasteiger charge is -2.39. The molecule has 1 aliphatic heterocycles. The lowest BCUT2D eigenvalue weighted by Crippen LogP contribution is -2.56. The van der Waals surface area contributed by atoms with Crippen molar-refractivity contribution in [3.63, 3.8) is 0 Å². The molecule has 1 heterocycles. The maximum absolute atomic E-state index is 11.8. The van der Waals surface area contributed by atoms with Crippen molar-refractivity contribution in [3.8, 4) is 0 Å². The number of likely N-dealkylation sites (tertiary alicyclic amines) is 1. The molecule has 1 aromatic rings. The largest absolute Gasteiger partial charge is 0.371 e. The van der Waals surface area contributed by atoms with Crippen LogP contribution < -0.4 is 11.1 Å². The van der Waals surface area contributed by atoms with Crippen LogP contribution in [0.4, 0.5) is 5.69 Å². The van der Waals surface area contributed by atoms with Crippen LogP contribution in [0.1, 0.15) is 12.8 Å². The molecule has 3 N–H and O–H groups in total. The van der Waals surface area contributed by atoms with Crippen molar-refractivity contribution in [1.29, 1.82) is 0 Å². The summed E-state index contributed by atoms with van der Waals surface area (Å²) in [6, 6.07) is 7.37. The normalized spacial score (nSPS) is 19.4. The van der Waals surface area contributed by atoms with Crippen LogP contribution in [0.5, 0.6) is 0 Å². The number of primary amides is 1. The van der Waals surface area contributed by atoms with Gasteiger partial charge in [-0.3, -0.25) is 4.79 Å². The second-order valence-corrected chi connectivity index (χ2v) is 5.32. The zero-order valence-corrected chi connectivity index (χ0v) is 11.2. The molecule has 5 heteroatoms. The van der Waals surface area contributed by atoms with Gasteiger partial charge in [0.15, 0.2) is 0 Å². The number of anilines is 1. The average molecular weight is 268 g/mol. The molecule has 1 saturated heterocycles. The molecule has 0 saturated carbocycles. The van der Waals surface area contributed by atoms with Crippen LogP contribution >= 0.6 is 11.6 Å². The van der Waals surface area contributed by atoms with Gasteiger partial charge in [-0.05, 0) is 38.1 Å². The number of amides is 1. The summed E-state index contributed by atoms with van der Waals surface area (Å²) in [7, 11) is 2.05. The summed E-state index contributed by atoms with van der Waals surface area (Å²) in [6.45, 7) is 1.72. The van der Waals surface area contributed by atoms with Crippen molar-refractivity contribution in [3.05, 3.63) is 29.3 Å². The van der Waals surface area contributed by atoms with Crippen LogP contribution in [0.25, 0.3) is 0 Å². The molecule has 0 aliphatic carbocycles. The van der Waals surface area contributed by atoms with E-state index in [0.717, 1.165) is 18.8 Å². The molecule has 4 nitrogen and oxygen atoms in total. The van der Waals surface area contributed by atoms with Crippen molar-refractivity contribution in [2.75, 3.05) is 25.5 Å². The maximum atomic E-state index is 11.8. The number of piperidine rings is 1. The van der Waals surface area contributed by atoms with E-state index in [9.17, 15) is 4.79 Å². The SMILES string of the molecule is CN1CCC(Nc2cccc(Cl)c2)(C(N)=O)CC1. The van der Waals surface area contributed by atoms with Gasteiger partial charge in [0.1, 0.15) is 5.54 Å². The van der Waals surface area contributed by atoms with E-state index in [1.807, 2.05) is 25.2 Å². The highest BCUT2D eigenvalue weighted by molar-refractivity contribution is 6.30. The molecular formula is C13H18ClN3O. The molecule has 0 bridgehead atoms.